The van der Waals surface area contributed by atoms with E-state index in [-0.39, 0.29) is 74.4 Å². The Hall–Kier alpha value is -4.08. The molecule has 2 unspecified atom stereocenters. The maximum absolute atomic E-state index is 17.6. The number of hydrogen-bond donors (Lipinski definition) is 6. The number of ketones is 4. The van der Waals surface area contributed by atoms with E-state index in [1.807, 2.05) is 0 Å². The minimum Gasteiger partial charge on any atom is -0.456 e. The van der Waals surface area contributed by atoms with E-state index >= 15 is 8.78 Å². The van der Waals surface area contributed by atoms with Crippen molar-refractivity contribution < 1.29 is 77.0 Å². The first-order chi connectivity index (χ1) is 33.7. The Kier molecular flexibility index (Phi) is 14.3. The lowest BCUT2D eigenvalue weighted by Gasteiger charge is -2.62. The van der Waals surface area contributed by atoms with Gasteiger partial charge in [-0.25, -0.2) is 18.4 Å². The first kappa shape index (κ1) is 54.2. The fourth-order valence-electron chi connectivity index (χ4n) is 15.7. The van der Waals surface area contributed by atoms with E-state index in [0.717, 1.165) is 21.6 Å². The number of allylic oxidation sites excluding steroid dienone is 8. The van der Waals surface area contributed by atoms with Gasteiger partial charge >= 0.3 is 11.9 Å². The zero-order valence-corrected chi connectivity index (χ0v) is 43.0. The molecule has 0 spiro atoms. The number of hydrogen-bond acceptors (Lipinski definition) is 16. The maximum Gasteiger partial charge on any atom is 0.329 e. The number of rotatable bonds is 17. The van der Waals surface area contributed by atoms with Crippen LogP contribution in [0, 0.1) is 57.2 Å². The van der Waals surface area contributed by atoms with Gasteiger partial charge in [-0.15, -0.1) is 0 Å². The highest BCUT2D eigenvalue weighted by Crippen LogP contribution is 2.72. The minimum absolute atomic E-state index is 0.164. The van der Waals surface area contributed by atoms with E-state index in [1.54, 1.807) is 41.5 Å². The molecule has 394 valence electrons. The third-order valence-corrected chi connectivity index (χ3v) is 22.1. The van der Waals surface area contributed by atoms with Crippen molar-refractivity contribution in [2.75, 3.05) is 24.7 Å². The van der Waals surface area contributed by atoms with Crippen molar-refractivity contribution in [3.8, 4) is 0 Å². The Bertz CT molecular complexity index is 2290. The van der Waals surface area contributed by atoms with Crippen molar-refractivity contribution in [2.45, 2.75) is 140 Å². The third kappa shape index (κ3) is 7.62. The van der Waals surface area contributed by atoms with Crippen molar-refractivity contribution in [2.24, 2.45) is 57.2 Å². The molecule has 20 heteroatoms. The number of halogens is 2. The highest BCUT2D eigenvalue weighted by molar-refractivity contribution is 8.76. The van der Waals surface area contributed by atoms with Crippen molar-refractivity contribution in [1.29, 1.82) is 0 Å². The summed E-state index contributed by atoms with van der Waals surface area (Å²) in [5.41, 5.74) is -12.6. The van der Waals surface area contributed by atoms with Gasteiger partial charge in [-0.2, -0.15) is 0 Å². The Morgan fingerprint density at radius 2 is 1.04 bits per heavy atom. The van der Waals surface area contributed by atoms with Crippen LogP contribution in [0.2, 0.25) is 0 Å². The van der Waals surface area contributed by atoms with Gasteiger partial charge in [-0.05, 0) is 113 Å². The predicted octanol–water partition coefficient (Wildman–Crippen LogP) is 3.52. The molecule has 0 bridgehead atoms. The smallest absolute Gasteiger partial charge is 0.329 e. The monoisotopic (exact) mass is 1040 g/mol. The van der Waals surface area contributed by atoms with Gasteiger partial charge in [-0.3, -0.25) is 28.8 Å². The summed E-state index contributed by atoms with van der Waals surface area (Å²) in [5, 5.41) is 52.6. The molecule has 0 saturated heterocycles. The molecule has 16 nitrogen and oxygen atoms in total. The van der Waals surface area contributed by atoms with E-state index in [4.69, 9.17) is 9.47 Å². The highest BCUT2D eigenvalue weighted by Gasteiger charge is 2.77. The number of Topliss-reactive ketones (excluding diaryl/α,β-unsaturated/α-hetero) is 2. The second kappa shape index (κ2) is 18.9. The average Bonchev–Trinajstić information content (AvgIpc) is 3.66. The molecule has 0 aromatic rings. The molecule has 2 amide bonds. The second-order valence-corrected chi connectivity index (χ2v) is 25.2. The molecule has 6 fully saturated rings. The van der Waals surface area contributed by atoms with Crippen LogP contribution in [-0.2, 0) is 47.8 Å². The number of aliphatic hydroxyl groups is 4. The van der Waals surface area contributed by atoms with Gasteiger partial charge < -0.3 is 40.5 Å². The van der Waals surface area contributed by atoms with Crippen LogP contribution in [0.4, 0.5) is 8.78 Å². The average molecular weight is 1050 g/mol. The van der Waals surface area contributed by atoms with Gasteiger partial charge in [0.25, 0.3) is 0 Å². The van der Waals surface area contributed by atoms with Gasteiger partial charge in [0.05, 0.1) is 12.2 Å². The first-order valence-electron chi connectivity index (χ1n) is 24.8. The summed E-state index contributed by atoms with van der Waals surface area (Å²) in [4.78, 5) is 102. The molecule has 0 aliphatic heterocycles. The fraction of sp³-hybridized carbons (Fsp3) is 0.692. The zero-order valence-electron chi connectivity index (χ0n) is 41.3. The third-order valence-electron chi connectivity index (χ3n) is 19.6. The van der Waals surface area contributed by atoms with Crippen molar-refractivity contribution >= 4 is 69.5 Å². The largest absolute Gasteiger partial charge is 0.456 e. The molecule has 72 heavy (non-hydrogen) atoms. The summed E-state index contributed by atoms with van der Waals surface area (Å²) >= 11 is 0. The van der Waals surface area contributed by atoms with Crippen LogP contribution in [0.3, 0.4) is 0 Å². The Balaban J connectivity index is 0.848. The topological polar surface area (TPSA) is 260 Å². The van der Waals surface area contributed by atoms with E-state index in [1.165, 1.54) is 36.5 Å². The summed E-state index contributed by atoms with van der Waals surface area (Å²) < 4.78 is 46.0. The van der Waals surface area contributed by atoms with E-state index in [0.29, 0.717) is 24.0 Å². The molecule has 0 aromatic carbocycles. The molecule has 6 N–H and O–H groups in total. The van der Waals surface area contributed by atoms with Crippen LogP contribution < -0.4 is 10.6 Å². The number of aliphatic hydroxyl groups excluding tert-OH is 2. The zero-order chi connectivity index (χ0) is 52.8. The van der Waals surface area contributed by atoms with Gasteiger partial charge in [-0.1, -0.05) is 72.6 Å². The van der Waals surface area contributed by atoms with E-state index < -0.39 is 141 Å². The summed E-state index contributed by atoms with van der Waals surface area (Å²) in [6.45, 7) is 8.17. The maximum atomic E-state index is 17.6. The molecular weight excluding hydrogens is 979 g/mol. The first-order valence-corrected chi connectivity index (χ1v) is 27.3. The summed E-state index contributed by atoms with van der Waals surface area (Å²) in [5.74, 6) is -8.66. The van der Waals surface area contributed by atoms with Crippen LogP contribution in [0.25, 0.3) is 0 Å². The van der Waals surface area contributed by atoms with Gasteiger partial charge in [0.15, 0.2) is 36.1 Å². The van der Waals surface area contributed by atoms with Gasteiger partial charge in [0.1, 0.15) is 23.3 Å². The van der Waals surface area contributed by atoms with E-state index in [9.17, 15) is 58.8 Å². The fourth-order valence-corrected chi connectivity index (χ4v) is 18.1. The number of ether oxygens (including phenoxy) is 2. The molecule has 6 saturated carbocycles. The van der Waals surface area contributed by atoms with Crippen molar-refractivity contribution in [1.82, 2.24) is 10.6 Å². The summed E-state index contributed by atoms with van der Waals surface area (Å²) in [6.07, 6.45) is 7.09. The van der Waals surface area contributed by atoms with Crippen LogP contribution in [-0.4, -0.2) is 140 Å². The number of alkyl halides is 2. The van der Waals surface area contributed by atoms with Gasteiger partial charge in [0.2, 0.25) is 24.4 Å². The SMILES string of the molecule is C[C@@H]1C[C@H]2[C@@H]3CCC4=CC(=O)C=C[C@]4(C)[C@@]3(F)[C@@H](O)C[C@]2(C)[C@@]1(O)C(=O)COC(=O)C(CSSCC(NC=O)C(=O)OCC(=O)[C@@]1(O)[C@H](C)C[C@H]2[C@@H]3CCC4=CC(=O)C=C[C@]4(C)[C@@]3(F)[C@@H](O)C[C@@]21C)NC=O. The molecule has 8 aliphatic rings. The summed E-state index contributed by atoms with van der Waals surface area (Å²) in [6, 6.07) is -2.65. The molecule has 0 aromatic heterocycles. The number of nitrogens with one attached hydrogen (secondary N) is 2. The van der Waals surface area contributed by atoms with Crippen LogP contribution in [0.5, 0.6) is 0 Å². The van der Waals surface area contributed by atoms with Crippen LogP contribution >= 0.6 is 21.6 Å². The lowest BCUT2D eigenvalue weighted by atomic mass is 9.44. The lowest BCUT2D eigenvalue weighted by molar-refractivity contribution is -0.220. The van der Waals surface area contributed by atoms with Crippen LogP contribution in [0.1, 0.15) is 92.9 Å². The minimum atomic E-state index is -2.18. The number of amides is 2. The normalized spacial score (nSPS) is 44.2. The number of fused-ring (bicyclic) bond motifs is 10. The molecule has 8 rings (SSSR count). The second-order valence-electron chi connectivity index (χ2n) is 22.6. The molecule has 8 aliphatic carbocycles. The molecule has 18 atom stereocenters. The number of carbonyl (C=O) groups excluding carboxylic acids is 8. The molecule has 0 radical (unpaired) electrons. The predicted molar refractivity (Wildman–Crippen MR) is 259 cm³/mol. The van der Waals surface area contributed by atoms with Crippen molar-refractivity contribution in [3.05, 3.63) is 47.6 Å². The number of carbonyl (C=O) groups is 8. The van der Waals surface area contributed by atoms with Crippen molar-refractivity contribution in [3.63, 3.8) is 0 Å². The molecular formula is C52H66F2N2O14S2. The number of esters is 2. The van der Waals surface area contributed by atoms with E-state index in [2.05, 4.69) is 10.6 Å². The highest BCUT2D eigenvalue weighted by atomic mass is 33.1. The lowest BCUT2D eigenvalue weighted by Crippen LogP contribution is -2.69. The quantitative estimate of drug-likeness (QED) is 0.0527. The summed E-state index contributed by atoms with van der Waals surface area (Å²) in [7, 11) is 1.97. The van der Waals surface area contributed by atoms with Gasteiger partial charge in [0, 0.05) is 45.0 Å². The standard InChI is InChI=1S/C52H66F2N2O14S2/c1-27-15-35-33-9-7-29-17-31(59)11-13-45(29,3)49(33,53)39(61)19-47(35,5)51(27,67)41(63)21-69-43(65)37(55-25-57)23-71-72-24-38(56-26-58)44(66)70-22-42(64)52(68)28(2)16-36-34-10-8-30-18-32(60)12-14-46(30,4)50(34,54)40(62)20-48(36,52)6/h11-14,17-18,25-28,33-40,61-62,67-68H,7-10,15-16,19-24H2,1-6H3,(H,55,57)(H,56,58)/t27-,28-,33+,34+,35+,36+,37?,38?,39+,40+,45+,46+,47+,48+,49+,50+,51+,52+/m1/s1. The van der Waals surface area contributed by atoms with Crippen LogP contribution in [0.15, 0.2) is 47.6 Å². The Labute approximate surface area is 424 Å². The molecule has 0 heterocycles. The Morgan fingerprint density at radius 3 is 1.39 bits per heavy atom. The Morgan fingerprint density at radius 1 is 0.681 bits per heavy atom.